The minimum absolute atomic E-state index is 0.0551. The molecule has 2 aromatic rings. The van der Waals surface area contributed by atoms with E-state index in [1.165, 1.54) is 11.8 Å². The van der Waals surface area contributed by atoms with Crippen molar-refractivity contribution < 1.29 is 0 Å². The quantitative estimate of drug-likeness (QED) is 0.660. The molecule has 1 aromatic heterocycles. The molecule has 98 valence electrons. The second-order valence-corrected chi connectivity index (χ2v) is 6.09. The third kappa shape index (κ3) is 3.16. The number of aromatic nitrogens is 1. The molecule has 2 rings (SSSR count). The number of nitrogens with zero attached hydrogens (tertiary/aromatic N) is 1. The fraction of sp³-hybridized carbons (Fsp3) is 0.143. The zero-order chi connectivity index (χ0) is 14.0. The van der Waals surface area contributed by atoms with E-state index in [2.05, 4.69) is 20.9 Å². The number of halogens is 1. The number of nitrogens with two attached hydrogens (primary N) is 1. The van der Waals surface area contributed by atoms with Crippen LogP contribution in [0.2, 0.25) is 0 Å². The van der Waals surface area contributed by atoms with Crippen molar-refractivity contribution in [1.82, 2.24) is 4.98 Å². The van der Waals surface area contributed by atoms with E-state index in [-0.39, 0.29) is 5.84 Å². The molecule has 0 unspecified atom stereocenters. The monoisotopic (exact) mass is 335 g/mol. The number of aryl methyl sites for hydroxylation is 2. The number of hydrogen-bond donors (Lipinski definition) is 2. The van der Waals surface area contributed by atoms with Crippen molar-refractivity contribution in [2.75, 3.05) is 0 Å². The molecule has 0 aliphatic rings. The molecule has 0 atom stereocenters. The molecule has 5 heteroatoms. The van der Waals surface area contributed by atoms with Gasteiger partial charge in [0.15, 0.2) is 0 Å². The summed E-state index contributed by atoms with van der Waals surface area (Å²) in [5, 5.41) is 8.49. The Morgan fingerprint density at radius 1 is 1.32 bits per heavy atom. The Bertz CT molecular complexity index is 641. The maximum atomic E-state index is 7.72. The first-order valence-electron chi connectivity index (χ1n) is 5.74. The van der Waals surface area contributed by atoms with Gasteiger partial charge in [0.25, 0.3) is 0 Å². The Hall–Kier alpha value is -1.33. The fourth-order valence-corrected chi connectivity index (χ4v) is 3.45. The molecule has 3 nitrogen and oxygen atoms in total. The summed E-state index contributed by atoms with van der Waals surface area (Å²) in [6.45, 7) is 3.90. The summed E-state index contributed by atoms with van der Waals surface area (Å²) >= 11 is 5.04. The minimum atomic E-state index is 0.0551. The van der Waals surface area contributed by atoms with Gasteiger partial charge in [0, 0.05) is 15.1 Å². The highest BCUT2D eigenvalue weighted by Crippen LogP contribution is 2.34. The van der Waals surface area contributed by atoms with Gasteiger partial charge in [0.1, 0.15) is 10.9 Å². The van der Waals surface area contributed by atoms with Crippen LogP contribution in [-0.4, -0.2) is 10.8 Å². The van der Waals surface area contributed by atoms with Crippen LogP contribution >= 0.6 is 27.7 Å². The van der Waals surface area contributed by atoms with Gasteiger partial charge in [-0.15, -0.1) is 0 Å². The van der Waals surface area contributed by atoms with Crippen molar-refractivity contribution in [3.63, 3.8) is 0 Å². The predicted molar refractivity (Wildman–Crippen MR) is 83.0 cm³/mol. The number of pyridine rings is 1. The molecule has 0 fully saturated rings. The molecule has 0 aliphatic heterocycles. The molecule has 0 radical (unpaired) electrons. The van der Waals surface area contributed by atoms with Crippen LogP contribution in [0.3, 0.4) is 0 Å². The highest BCUT2D eigenvalue weighted by atomic mass is 79.9. The number of hydrogen-bond acceptors (Lipinski definition) is 3. The Balaban J connectivity index is 2.51. The van der Waals surface area contributed by atoms with Gasteiger partial charge >= 0.3 is 0 Å². The molecule has 0 spiro atoms. The first kappa shape index (κ1) is 14.1. The first-order chi connectivity index (χ1) is 8.99. The fourth-order valence-electron chi connectivity index (χ4n) is 1.84. The van der Waals surface area contributed by atoms with Crippen LogP contribution in [0.25, 0.3) is 0 Å². The van der Waals surface area contributed by atoms with E-state index in [0.29, 0.717) is 5.56 Å². The molecule has 1 heterocycles. The Labute approximate surface area is 125 Å². The number of nitrogen functional groups attached to an aromatic ring is 1. The molecule has 0 saturated heterocycles. The van der Waals surface area contributed by atoms with Gasteiger partial charge < -0.3 is 5.73 Å². The van der Waals surface area contributed by atoms with E-state index >= 15 is 0 Å². The second kappa shape index (κ2) is 5.75. The summed E-state index contributed by atoms with van der Waals surface area (Å²) in [5.41, 5.74) is 8.30. The third-order valence-corrected chi connectivity index (χ3v) is 4.64. The summed E-state index contributed by atoms with van der Waals surface area (Å²) in [4.78, 5) is 5.57. The molecular formula is C14H14BrN3S. The van der Waals surface area contributed by atoms with E-state index in [1.807, 2.05) is 44.2 Å². The van der Waals surface area contributed by atoms with E-state index in [9.17, 15) is 0 Å². The van der Waals surface area contributed by atoms with Crippen LogP contribution in [0.15, 0.2) is 44.7 Å². The van der Waals surface area contributed by atoms with E-state index in [4.69, 9.17) is 11.1 Å². The first-order valence-corrected chi connectivity index (χ1v) is 7.35. The Morgan fingerprint density at radius 3 is 2.63 bits per heavy atom. The van der Waals surface area contributed by atoms with Crippen molar-refractivity contribution in [1.29, 1.82) is 5.41 Å². The van der Waals surface area contributed by atoms with Gasteiger partial charge in [-0.25, -0.2) is 4.98 Å². The Kier molecular flexibility index (Phi) is 4.27. The normalized spacial score (nSPS) is 10.5. The van der Waals surface area contributed by atoms with E-state index in [0.717, 1.165) is 25.7 Å². The molecule has 19 heavy (non-hydrogen) atoms. The van der Waals surface area contributed by atoms with Crippen LogP contribution in [0, 0.1) is 19.3 Å². The lowest BCUT2D eigenvalue weighted by Crippen LogP contribution is -2.15. The second-order valence-electron chi connectivity index (χ2n) is 4.21. The van der Waals surface area contributed by atoms with E-state index in [1.54, 1.807) is 0 Å². The van der Waals surface area contributed by atoms with Crippen LogP contribution < -0.4 is 5.73 Å². The third-order valence-electron chi connectivity index (χ3n) is 2.62. The highest BCUT2D eigenvalue weighted by molar-refractivity contribution is 9.10. The lowest BCUT2D eigenvalue weighted by molar-refractivity contribution is 1.03. The zero-order valence-electron chi connectivity index (χ0n) is 10.7. The number of benzene rings is 1. The smallest absolute Gasteiger partial charge is 0.125 e. The van der Waals surface area contributed by atoms with Crippen molar-refractivity contribution >= 4 is 33.5 Å². The van der Waals surface area contributed by atoms with Crippen molar-refractivity contribution in [2.45, 2.75) is 23.8 Å². The molecule has 1 aromatic carbocycles. The van der Waals surface area contributed by atoms with Crippen molar-refractivity contribution in [3.05, 3.63) is 51.6 Å². The topological polar surface area (TPSA) is 62.8 Å². The minimum Gasteiger partial charge on any atom is -0.384 e. The number of nitrogens with one attached hydrogen (secondary N) is 1. The summed E-state index contributed by atoms with van der Waals surface area (Å²) < 4.78 is 1.01. The van der Waals surface area contributed by atoms with Crippen molar-refractivity contribution in [2.24, 2.45) is 5.73 Å². The highest BCUT2D eigenvalue weighted by Gasteiger charge is 2.14. The summed E-state index contributed by atoms with van der Waals surface area (Å²) in [6, 6.07) is 9.88. The van der Waals surface area contributed by atoms with Crippen molar-refractivity contribution in [3.8, 4) is 0 Å². The maximum absolute atomic E-state index is 7.72. The molecule has 0 bridgehead atoms. The van der Waals surface area contributed by atoms with Crippen LogP contribution in [0.5, 0.6) is 0 Å². The zero-order valence-corrected chi connectivity index (χ0v) is 13.1. The standard InChI is InChI=1S/C14H14BrN3S/c1-8-7-9(2)18-14(12(8)13(16)17)19-11-6-4-3-5-10(11)15/h3-7H,1-2H3,(H3,16,17). The van der Waals surface area contributed by atoms with Crippen LogP contribution in [0.4, 0.5) is 0 Å². The van der Waals surface area contributed by atoms with Gasteiger partial charge in [0.2, 0.25) is 0 Å². The van der Waals surface area contributed by atoms with Crippen LogP contribution in [-0.2, 0) is 0 Å². The number of rotatable bonds is 3. The van der Waals surface area contributed by atoms with Crippen LogP contribution in [0.1, 0.15) is 16.8 Å². The van der Waals surface area contributed by atoms with Gasteiger partial charge in [-0.05, 0) is 53.5 Å². The summed E-state index contributed by atoms with van der Waals surface area (Å²) in [6.07, 6.45) is 0. The van der Waals surface area contributed by atoms with Gasteiger partial charge in [0.05, 0.1) is 5.56 Å². The summed E-state index contributed by atoms with van der Waals surface area (Å²) in [5.74, 6) is 0.0551. The molecule has 3 N–H and O–H groups in total. The predicted octanol–water partition coefficient (Wildman–Crippen LogP) is 3.90. The van der Waals surface area contributed by atoms with Gasteiger partial charge in [-0.2, -0.15) is 0 Å². The average Bonchev–Trinajstić information content (AvgIpc) is 2.30. The molecule has 0 amide bonds. The lowest BCUT2D eigenvalue weighted by atomic mass is 10.1. The molecular weight excluding hydrogens is 322 g/mol. The van der Waals surface area contributed by atoms with E-state index < -0.39 is 0 Å². The van der Waals surface area contributed by atoms with Gasteiger partial charge in [-0.3, -0.25) is 5.41 Å². The SMILES string of the molecule is Cc1cc(C)c(C(=N)N)c(Sc2ccccc2Br)n1. The average molecular weight is 336 g/mol. The molecule has 0 aliphatic carbocycles. The largest absolute Gasteiger partial charge is 0.384 e. The summed E-state index contributed by atoms with van der Waals surface area (Å²) in [7, 11) is 0. The number of amidine groups is 1. The molecule has 0 saturated carbocycles. The Morgan fingerprint density at radius 2 is 2.00 bits per heavy atom. The van der Waals surface area contributed by atoms with Gasteiger partial charge in [-0.1, -0.05) is 23.9 Å². The maximum Gasteiger partial charge on any atom is 0.125 e. The lowest BCUT2D eigenvalue weighted by Gasteiger charge is -2.12.